The first-order valence-electron chi connectivity index (χ1n) is 7.27. The summed E-state index contributed by atoms with van der Waals surface area (Å²) in [5, 5.41) is 14.1. The number of nitrogens with one attached hydrogen (secondary N) is 1. The van der Waals surface area contributed by atoms with Crippen molar-refractivity contribution in [2.75, 3.05) is 0 Å². The van der Waals surface area contributed by atoms with Gasteiger partial charge in [0.1, 0.15) is 11.9 Å². The number of halogens is 1. The second kappa shape index (κ2) is 6.46. The molecule has 1 aromatic rings. The topological polar surface area (TPSA) is 53.8 Å². The van der Waals surface area contributed by atoms with E-state index in [1.54, 1.807) is 4.68 Å². The van der Waals surface area contributed by atoms with Crippen LogP contribution < -0.4 is 0 Å². The van der Waals surface area contributed by atoms with Crippen LogP contribution >= 0.6 is 23.8 Å². The third-order valence-electron chi connectivity index (χ3n) is 4.00. The molecule has 1 fully saturated rings. The normalized spacial score (nSPS) is 20.7. The maximum absolute atomic E-state index is 11.2. The molecule has 0 bridgehead atoms. The van der Waals surface area contributed by atoms with Crippen molar-refractivity contribution in [1.82, 2.24) is 14.8 Å². The number of aromatic nitrogens is 3. The molecular formula is C15H22ClN3OS. The zero-order valence-corrected chi connectivity index (χ0v) is 14.0. The number of rotatable bonds is 7. The second-order valence-corrected chi connectivity index (χ2v) is 6.69. The van der Waals surface area contributed by atoms with E-state index in [0.717, 1.165) is 24.8 Å². The van der Waals surface area contributed by atoms with Crippen LogP contribution in [0.3, 0.4) is 0 Å². The predicted octanol–water partition coefficient (Wildman–Crippen LogP) is 3.75. The van der Waals surface area contributed by atoms with E-state index in [1.807, 2.05) is 13.0 Å². The summed E-state index contributed by atoms with van der Waals surface area (Å²) in [7, 11) is 0. The molecule has 116 valence electrons. The van der Waals surface area contributed by atoms with E-state index in [0.29, 0.717) is 17.7 Å². The fraction of sp³-hybridized carbons (Fsp3) is 0.600. The van der Waals surface area contributed by atoms with Gasteiger partial charge in [-0.3, -0.25) is 9.78 Å². The lowest BCUT2D eigenvalue weighted by molar-refractivity contribution is 0.00800. The number of nitrogens with zero attached hydrogens (tertiary/aromatic N) is 2. The van der Waals surface area contributed by atoms with Gasteiger partial charge in [-0.1, -0.05) is 25.2 Å². The molecule has 0 saturated heterocycles. The third kappa shape index (κ3) is 3.65. The lowest BCUT2D eigenvalue weighted by Gasteiger charge is -2.33. The van der Waals surface area contributed by atoms with Gasteiger partial charge in [0.25, 0.3) is 0 Å². The van der Waals surface area contributed by atoms with E-state index in [2.05, 4.69) is 29.2 Å². The van der Waals surface area contributed by atoms with Gasteiger partial charge in [-0.05, 0) is 44.0 Å². The molecule has 1 atom stereocenters. The van der Waals surface area contributed by atoms with Crippen molar-refractivity contribution in [3.8, 4) is 0 Å². The molecule has 0 amide bonds. The van der Waals surface area contributed by atoms with Crippen LogP contribution in [0.15, 0.2) is 30.1 Å². The maximum atomic E-state index is 11.2. The number of H-pyrrole nitrogens is 1. The molecule has 0 aromatic carbocycles. The van der Waals surface area contributed by atoms with E-state index in [1.165, 1.54) is 6.33 Å². The Kier molecular flexibility index (Phi) is 5.07. The zero-order chi connectivity index (χ0) is 15.5. The van der Waals surface area contributed by atoms with Crippen molar-refractivity contribution in [3.05, 3.63) is 34.9 Å². The van der Waals surface area contributed by atoms with Crippen LogP contribution in [0.1, 0.15) is 39.5 Å². The Morgan fingerprint density at radius 1 is 1.67 bits per heavy atom. The smallest absolute Gasteiger partial charge is 0.215 e. The molecule has 0 radical (unpaired) electrons. The van der Waals surface area contributed by atoms with Gasteiger partial charge < -0.3 is 5.11 Å². The average molecular weight is 328 g/mol. The molecule has 2 N–H and O–H groups in total. The van der Waals surface area contributed by atoms with Crippen LogP contribution in [0.5, 0.6) is 0 Å². The Bertz CT molecular complexity index is 600. The quantitative estimate of drug-likeness (QED) is 0.455. The summed E-state index contributed by atoms with van der Waals surface area (Å²) in [5.41, 5.74) is 0.0384. The summed E-state index contributed by atoms with van der Waals surface area (Å²) in [6.45, 7) is 4.39. The minimum Gasteiger partial charge on any atom is -0.386 e. The number of alkyl halides is 1. The average Bonchev–Trinajstić information content (AvgIpc) is 3.10. The van der Waals surface area contributed by atoms with Gasteiger partial charge in [-0.25, -0.2) is 4.98 Å². The lowest BCUT2D eigenvalue weighted by Crippen LogP contribution is -2.45. The fourth-order valence-corrected chi connectivity index (χ4v) is 2.84. The molecule has 1 aliphatic rings. The van der Waals surface area contributed by atoms with Gasteiger partial charge in [0.2, 0.25) is 4.77 Å². The molecule has 4 nitrogen and oxygen atoms in total. The van der Waals surface area contributed by atoms with Crippen molar-refractivity contribution in [2.24, 2.45) is 0 Å². The van der Waals surface area contributed by atoms with E-state index in [9.17, 15) is 5.11 Å². The summed E-state index contributed by atoms with van der Waals surface area (Å²) < 4.78 is 2.11. The molecule has 1 saturated carbocycles. The number of aliphatic hydroxyl groups is 1. The molecule has 2 rings (SSSR count). The lowest BCUT2D eigenvalue weighted by atomic mass is 9.88. The second-order valence-electron chi connectivity index (χ2n) is 5.60. The molecule has 0 spiro atoms. The van der Waals surface area contributed by atoms with Crippen molar-refractivity contribution >= 4 is 23.8 Å². The summed E-state index contributed by atoms with van der Waals surface area (Å²) in [6.07, 6.45) is 10.8. The van der Waals surface area contributed by atoms with Crippen molar-refractivity contribution in [3.63, 3.8) is 0 Å². The highest BCUT2D eigenvalue weighted by atomic mass is 35.5. The first kappa shape index (κ1) is 16.5. The van der Waals surface area contributed by atoms with E-state index < -0.39 is 10.5 Å². The predicted molar refractivity (Wildman–Crippen MR) is 88.0 cm³/mol. The number of hydrogen-bond donors (Lipinski definition) is 2. The molecular weight excluding hydrogens is 306 g/mol. The largest absolute Gasteiger partial charge is 0.386 e. The minimum atomic E-state index is -1.04. The van der Waals surface area contributed by atoms with Gasteiger partial charge in [0.15, 0.2) is 0 Å². The van der Waals surface area contributed by atoms with Crippen molar-refractivity contribution < 1.29 is 5.11 Å². The Labute approximate surface area is 135 Å². The van der Waals surface area contributed by atoms with Crippen LogP contribution in [0.4, 0.5) is 0 Å². The molecule has 1 aliphatic carbocycles. The van der Waals surface area contributed by atoms with E-state index in [4.69, 9.17) is 23.8 Å². The van der Waals surface area contributed by atoms with Gasteiger partial charge >= 0.3 is 0 Å². The molecule has 6 heteroatoms. The van der Waals surface area contributed by atoms with E-state index >= 15 is 0 Å². The SMILES string of the molecule is C/C=C(\C=C/CC)CC(O)(Cn1[nH]cnc1=S)C1(Cl)CC1. The van der Waals surface area contributed by atoms with Gasteiger partial charge in [0.05, 0.1) is 11.4 Å². The highest BCUT2D eigenvalue weighted by Gasteiger charge is 2.58. The van der Waals surface area contributed by atoms with Gasteiger partial charge in [0, 0.05) is 6.42 Å². The summed E-state index contributed by atoms with van der Waals surface area (Å²) in [4.78, 5) is 3.42. The summed E-state index contributed by atoms with van der Waals surface area (Å²) in [5.74, 6) is 0. The van der Waals surface area contributed by atoms with Crippen LogP contribution in [0.25, 0.3) is 0 Å². The fourth-order valence-electron chi connectivity index (χ4n) is 2.45. The van der Waals surface area contributed by atoms with Crippen molar-refractivity contribution in [1.29, 1.82) is 0 Å². The van der Waals surface area contributed by atoms with Crippen LogP contribution in [-0.4, -0.2) is 30.3 Å². The molecule has 1 unspecified atom stereocenters. The zero-order valence-electron chi connectivity index (χ0n) is 12.5. The summed E-state index contributed by atoms with van der Waals surface area (Å²) >= 11 is 11.7. The Morgan fingerprint density at radius 2 is 2.38 bits per heavy atom. The Morgan fingerprint density at radius 3 is 2.86 bits per heavy atom. The highest BCUT2D eigenvalue weighted by molar-refractivity contribution is 7.71. The summed E-state index contributed by atoms with van der Waals surface area (Å²) in [6, 6.07) is 0. The van der Waals surface area contributed by atoms with Crippen LogP contribution in [0, 0.1) is 4.77 Å². The first-order chi connectivity index (χ1) is 9.94. The van der Waals surface area contributed by atoms with Gasteiger partial charge in [-0.2, -0.15) is 0 Å². The monoisotopic (exact) mass is 327 g/mol. The molecule has 1 heterocycles. The number of allylic oxidation sites excluding steroid dienone is 3. The van der Waals surface area contributed by atoms with E-state index in [-0.39, 0.29) is 0 Å². The standard InChI is InChI=1S/C15H22ClN3OS/c1-3-5-6-12(4-2)9-15(20,14(16)7-8-14)10-19-13(21)17-11-18-19/h4-6,11,20H,3,7-10H2,1-2H3,(H,17,18,21)/b6-5-,12-4+. The number of aromatic amines is 1. The van der Waals surface area contributed by atoms with Crippen LogP contribution in [-0.2, 0) is 6.54 Å². The Hall–Kier alpha value is -0.910. The molecule has 21 heavy (non-hydrogen) atoms. The Balaban J connectivity index is 2.24. The maximum Gasteiger partial charge on any atom is 0.215 e. The highest BCUT2D eigenvalue weighted by Crippen LogP contribution is 2.53. The molecule has 1 aromatic heterocycles. The van der Waals surface area contributed by atoms with Crippen molar-refractivity contribution in [2.45, 2.75) is 56.6 Å². The first-order valence-corrected chi connectivity index (χ1v) is 8.06. The minimum absolute atomic E-state index is 0.326. The molecule has 0 aliphatic heterocycles. The number of hydrogen-bond acceptors (Lipinski definition) is 3. The van der Waals surface area contributed by atoms with Crippen LogP contribution in [0.2, 0.25) is 0 Å². The van der Waals surface area contributed by atoms with Gasteiger partial charge in [-0.15, -0.1) is 11.6 Å². The third-order valence-corrected chi connectivity index (χ3v) is 5.05.